The van der Waals surface area contributed by atoms with Gasteiger partial charge in [-0.15, -0.1) is 0 Å². The van der Waals surface area contributed by atoms with Crippen molar-refractivity contribution in [1.29, 1.82) is 0 Å². The summed E-state index contributed by atoms with van der Waals surface area (Å²) in [5.74, 6) is 0.00153. The molecule has 90 valence electrons. The van der Waals surface area contributed by atoms with E-state index in [1.54, 1.807) is 17.2 Å². The summed E-state index contributed by atoms with van der Waals surface area (Å²) in [4.78, 5) is 28.4. The molecule has 1 aliphatic rings. The number of anilines is 2. The molecule has 1 aromatic rings. The lowest BCUT2D eigenvalue weighted by Gasteiger charge is -2.17. The Kier molecular flexibility index (Phi) is 3.33. The zero-order chi connectivity index (χ0) is 12.4. The van der Waals surface area contributed by atoms with Crippen LogP contribution >= 0.6 is 11.8 Å². The fraction of sp³-hybridized carbons (Fsp3) is 0.364. The third-order valence-electron chi connectivity index (χ3n) is 2.54. The fourth-order valence-electron chi connectivity index (χ4n) is 1.87. The van der Waals surface area contributed by atoms with Gasteiger partial charge in [0.05, 0.1) is 17.6 Å². The first-order chi connectivity index (χ1) is 8.08. The third kappa shape index (κ3) is 2.58. The van der Waals surface area contributed by atoms with Crippen molar-refractivity contribution in [2.45, 2.75) is 18.6 Å². The van der Waals surface area contributed by atoms with Crippen LogP contribution in [0.4, 0.5) is 11.4 Å². The number of nitrogens with zero attached hydrogens (tertiary/aromatic N) is 2. The molecule has 0 spiro atoms. The number of aromatic nitrogens is 1. The van der Waals surface area contributed by atoms with Crippen molar-refractivity contribution < 1.29 is 9.59 Å². The van der Waals surface area contributed by atoms with Crippen LogP contribution in [0.3, 0.4) is 0 Å². The van der Waals surface area contributed by atoms with Gasteiger partial charge in [0, 0.05) is 31.3 Å². The van der Waals surface area contributed by atoms with Gasteiger partial charge in [-0.25, -0.2) is 0 Å². The lowest BCUT2D eigenvalue weighted by molar-refractivity contribution is -0.117. The molecule has 6 heteroatoms. The van der Waals surface area contributed by atoms with E-state index >= 15 is 0 Å². The van der Waals surface area contributed by atoms with E-state index in [0.29, 0.717) is 24.3 Å². The molecule has 1 atom stereocenters. The summed E-state index contributed by atoms with van der Waals surface area (Å²) >= 11 is 1.21. The van der Waals surface area contributed by atoms with Crippen LogP contribution < -0.4 is 10.6 Å². The highest BCUT2D eigenvalue weighted by atomic mass is 32.2. The van der Waals surface area contributed by atoms with Gasteiger partial charge >= 0.3 is 0 Å². The molecule has 2 N–H and O–H groups in total. The maximum atomic E-state index is 11.8. The Labute approximate surface area is 103 Å². The minimum Gasteiger partial charge on any atom is -0.396 e. The molecule has 2 rings (SSSR count). The average Bonchev–Trinajstić information content (AvgIpc) is 2.59. The molecule has 0 radical (unpaired) electrons. The van der Waals surface area contributed by atoms with Crippen LogP contribution in [0, 0.1) is 0 Å². The largest absolute Gasteiger partial charge is 0.396 e. The van der Waals surface area contributed by atoms with Crippen molar-refractivity contribution in [3.63, 3.8) is 0 Å². The van der Waals surface area contributed by atoms with Gasteiger partial charge in [0.15, 0.2) is 5.12 Å². The first-order valence-electron chi connectivity index (χ1n) is 5.25. The topological polar surface area (TPSA) is 76.3 Å². The molecule has 1 aliphatic heterocycles. The monoisotopic (exact) mass is 251 g/mol. The van der Waals surface area contributed by atoms with Gasteiger partial charge < -0.3 is 10.6 Å². The Balaban J connectivity index is 2.16. The molecule has 1 aromatic heterocycles. The Morgan fingerprint density at radius 2 is 2.41 bits per heavy atom. The van der Waals surface area contributed by atoms with Crippen molar-refractivity contribution >= 4 is 34.2 Å². The number of carbonyl (C=O) groups excluding carboxylic acids is 2. The molecule has 5 nitrogen and oxygen atoms in total. The Bertz CT molecular complexity index is 464. The molecule has 0 aliphatic carbocycles. The van der Waals surface area contributed by atoms with Gasteiger partial charge in [-0.05, 0) is 6.07 Å². The molecular weight excluding hydrogens is 238 g/mol. The van der Waals surface area contributed by atoms with E-state index in [2.05, 4.69) is 4.98 Å². The summed E-state index contributed by atoms with van der Waals surface area (Å²) in [7, 11) is 0. The Hall–Kier alpha value is -1.56. The SMILES string of the molecule is CC(=O)SC1CC(=O)N(c2ccncc2N)C1. The quantitative estimate of drug-likeness (QED) is 0.850. The Morgan fingerprint density at radius 1 is 1.65 bits per heavy atom. The van der Waals surface area contributed by atoms with E-state index in [0.717, 1.165) is 0 Å². The molecule has 1 unspecified atom stereocenters. The molecule has 1 fully saturated rings. The summed E-state index contributed by atoms with van der Waals surface area (Å²) in [6.45, 7) is 2.04. The lowest BCUT2D eigenvalue weighted by Crippen LogP contribution is -2.25. The number of thioether (sulfide) groups is 1. The predicted octanol–water partition coefficient (Wildman–Crippen LogP) is 1.05. The van der Waals surface area contributed by atoms with Crippen LogP contribution in [0.2, 0.25) is 0 Å². The summed E-state index contributed by atoms with van der Waals surface area (Å²) in [5.41, 5.74) is 6.94. The van der Waals surface area contributed by atoms with E-state index < -0.39 is 0 Å². The van der Waals surface area contributed by atoms with Gasteiger partial charge in [0.25, 0.3) is 0 Å². The van der Waals surface area contributed by atoms with E-state index in [-0.39, 0.29) is 16.3 Å². The second kappa shape index (κ2) is 4.75. The molecule has 1 saturated heterocycles. The molecule has 0 aromatic carbocycles. The number of hydrogen-bond acceptors (Lipinski definition) is 5. The van der Waals surface area contributed by atoms with Gasteiger partial charge in [0.1, 0.15) is 0 Å². The van der Waals surface area contributed by atoms with Crippen LogP contribution in [0.1, 0.15) is 13.3 Å². The first kappa shape index (κ1) is 11.9. The normalized spacial score (nSPS) is 19.7. The number of rotatable bonds is 2. The smallest absolute Gasteiger partial charge is 0.228 e. The maximum absolute atomic E-state index is 11.8. The van der Waals surface area contributed by atoms with E-state index in [1.165, 1.54) is 24.9 Å². The molecular formula is C11H13N3O2S. The van der Waals surface area contributed by atoms with Crippen molar-refractivity contribution in [3.05, 3.63) is 18.5 Å². The average molecular weight is 251 g/mol. The van der Waals surface area contributed by atoms with Gasteiger partial charge in [-0.2, -0.15) is 0 Å². The van der Waals surface area contributed by atoms with Crippen LogP contribution in [-0.2, 0) is 9.59 Å². The van der Waals surface area contributed by atoms with Crippen LogP contribution in [-0.4, -0.2) is 27.8 Å². The Morgan fingerprint density at radius 3 is 3.06 bits per heavy atom. The lowest BCUT2D eigenvalue weighted by atomic mass is 10.3. The van der Waals surface area contributed by atoms with Crippen molar-refractivity contribution in [1.82, 2.24) is 4.98 Å². The number of carbonyl (C=O) groups is 2. The summed E-state index contributed by atoms with van der Waals surface area (Å²) in [6.07, 6.45) is 3.50. The minimum atomic E-state index is 0.00153. The number of nitrogen functional groups attached to an aromatic ring is 1. The molecule has 2 heterocycles. The van der Waals surface area contributed by atoms with Crippen LogP contribution in [0.15, 0.2) is 18.5 Å². The highest BCUT2D eigenvalue weighted by Crippen LogP contribution is 2.31. The van der Waals surface area contributed by atoms with E-state index in [9.17, 15) is 9.59 Å². The molecule has 1 amide bonds. The number of hydrogen-bond donors (Lipinski definition) is 1. The second-order valence-electron chi connectivity index (χ2n) is 3.87. The van der Waals surface area contributed by atoms with E-state index in [4.69, 9.17) is 5.73 Å². The van der Waals surface area contributed by atoms with Crippen molar-refractivity contribution in [3.8, 4) is 0 Å². The van der Waals surface area contributed by atoms with Crippen LogP contribution in [0.5, 0.6) is 0 Å². The number of pyridine rings is 1. The summed E-state index contributed by atoms with van der Waals surface area (Å²) in [6, 6.07) is 1.72. The molecule has 0 saturated carbocycles. The molecule has 17 heavy (non-hydrogen) atoms. The number of nitrogens with two attached hydrogens (primary N) is 1. The third-order valence-corrected chi connectivity index (χ3v) is 3.52. The highest BCUT2D eigenvalue weighted by molar-refractivity contribution is 8.14. The fourth-order valence-corrected chi connectivity index (χ4v) is 2.79. The van der Waals surface area contributed by atoms with Gasteiger partial charge in [-0.1, -0.05) is 11.8 Å². The first-order valence-corrected chi connectivity index (χ1v) is 6.13. The van der Waals surface area contributed by atoms with Gasteiger partial charge in [-0.3, -0.25) is 14.6 Å². The van der Waals surface area contributed by atoms with E-state index in [1.807, 2.05) is 0 Å². The van der Waals surface area contributed by atoms with Crippen molar-refractivity contribution in [2.24, 2.45) is 0 Å². The number of amides is 1. The zero-order valence-corrected chi connectivity index (χ0v) is 10.2. The zero-order valence-electron chi connectivity index (χ0n) is 9.42. The van der Waals surface area contributed by atoms with Crippen molar-refractivity contribution in [2.75, 3.05) is 17.2 Å². The second-order valence-corrected chi connectivity index (χ2v) is 5.35. The molecule has 0 bridgehead atoms. The summed E-state index contributed by atoms with van der Waals surface area (Å²) in [5, 5.41) is 0.0555. The maximum Gasteiger partial charge on any atom is 0.228 e. The summed E-state index contributed by atoms with van der Waals surface area (Å²) < 4.78 is 0. The minimum absolute atomic E-state index is 0.00153. The van der Waals surface area contributed by atoms with Gasteiger partial charge in [0.2, 0.25) is 5.91 Å². The standard InChI is InChI=1S/C11H13N3O2S/c1-7(15)17-8-4-11(16)14(6-8)10-2-3-13-5-9(10)12/h2-3,5,8H,4,6,12H2,1H3. The predicted molar refractivity (Wildman–Crippen MR) is 67.7 cm³/mol. The highest BCUT2D eigenvalue weighted by Gasteiger charge is 2.32. The van der Waals surface area contributed by atoms with Crippen LogP contribution in [0.25, 0.3) is 0 Å².